The second-order valence-corrected chi connectivity index (χ2v) is 4.91. The number of aromatic nitrogens is 2. The Morgan fingerprint density at radius 3 is 2.50 bits per heavy atom. The lowest BCUT2D eigenvalue weighted by Gasteiger charge is -2.14. The third-order valence-electron chi connectivity index (χ3n) is 2.80. The minimum atomic E-state index is -0.0572. The Kier molecular flexibility index (Phi) is 6.17. The van der Waals surface area contributed by atoms with Gasteiger partial charge in [0.25, 0.3) is 0 Å². The molecule has 112 valence electrons. The summed E-state index contributed by atoms with van der Waals surface area (Å²) in [4.78, 5) is 20.4. The molecule has 1 aromatic heterocycles. The molecule has 5 N–H and O–H groups in total. The van der Waals surface area contributed by atoms with Crippen LogP contribution in [0.15, 0.2) is 0 Å². The highest BCUT2D eigenvalue weighted by molar-refractivity contribution is 5.80. The molecule has 0 aliphatic rings. The van der Waals surface area contributed by atoms with Gasteiger partial charge >= 0.3 is 0 Å². The molecular weight excluding hydrogens is 256 g/mol. The lowest BCUT2D eigenvalue weighted by molar-refractivity contribution is -0.119. The van der Waals surface area contributed by atoms with E-state index in [9.17, 15) is 4.79 Å². The van der Waals surface area contributed by atoms with Gasteiger partial charge < -0.3 is 16.1 Å². The van der Waals surface area contributed by atoms with Crippen molar-refractivity contribution < 1.29 is 4.79 Å². The quantitative estimate of drug-likeness (QED) is 0.441. The molecule has 7 nitrogen and oxygen atoms in total. The number of carbonyl (C=O) groups excluding carboxylic acids is 1. The first kappa shape index (κ1) is 16.2. The van der Waals surface area contributed by atoms with Crippen molar-refractivity contribution in [2.24, 2.45) is 5.84 Å². The first-order valence-electron chi connectivity index (χ1n) is 6.85. The number of nitrogens with one attached hydrogen (secondary N) is 3. The van der Waals surface area contributed by atoms with Crippen LogP contribution in [-0.4, -0.2) is 29.0 Å². The number of amides is 1. The van der Waals surface area contributed by atoms with Crippen LogP contribution >= 0.6 is 0 Å². The second-order valence-electron chi connectivity index (χ2n) is 4.91. The number of hydrogen-bond acceptors (Lipinski definition) is 6. The van der Waals surface area contributed by atoms with Gasteiger partial charge in [-0.3, -0.25) is 4.79 Å². The minimum Gasteiger partial charge on any atom is -0.361 e. The normalized spacial score (nSPS) is 10.5. The zero-order valence-corrected chi connectivity index (χ0v) is 12.6. The highest BCUT2D eigenvalue weighted by Gasteiger charge is 2.13. The summed E-state index contributed by atoms with van der Waals surface area (Å²) in [6.45, 7) is 8.73. The Morgan fingerprint density at radius 2 is 1.95 bits per heavy atom. The van der Waals surface area contributed by atoms with E-state index in [1.165, 1.54) is 0 Å². The van der Waals surface area contributed by atoms with Crippen molar-refractivity contribution in [3.05, 3.63) is 11.4 Å². The molecule has 1 rings (SSSR count). The van der Waals surface area contributed by atoms with Gasteiger partial charge in [-0.15, -0.1) is 0 Å². The van der Waals surface area contributed by atoms with E-state index in [1.807, 2.05) is 27.7 Å². The Hall–Kier alpha value is -1.89. The Balaban J connectivity index is 2.82. The average Bonchev–Trinajstić information content (AvgIpc) is 2.43. The summed E-state index contributed by atoms with van der Waals surface area (Å²) in [5.74, 6) is 7.46. The number of hydrogen-bond donors (Lipinski definition) is 4. The molecule has 7 heteroatoms. The fourth-order valence-electron chi connectivity index (χ4n) is 1.60. The van der Waals surface area contributed by atoms with Gasteiger partial charge in [0, 0.05) is 18.0 Å². The number of rotatable bonds is 7. The van der Waals surface area contributed by atoms with E-state index in [-0.39, 0.29) is 18.4 Å². The summed E-state index contributed by atoms with van der Waals surface area (Å²) in [6, 6.07) is 0. The molecule has 0 aliphatic carbocycles. The van der Waals surface area contributed by atoms with Crippen LogP contribution in [0.5, 0.6) is 0 Å². The number of carbonyl (C=O) groups is 1. The molecule has 0 spiro atoms. The van der Waals surface area contributed by atoms with Gasteiger partial charge in [0.15, 0.2) is 0 Å². The average molecular weight is 280 g/mol. The lowest BCUT2D eigenvalue weighted by Crippen LogP contribution is -2.31. The van der Waals surface area contributed by atoms with Crippen LogP contribution < -0.4 is 21.9 Å². The van der Waals surface area contributed by atoms with E-state index < -0.39 is 0 Å². The maximum Gasteiger partial charge on any atom is 0.239 e. The van der Waals surface area contributed by atoms with Crippen LogP contribution in [0.3, 0.4) is 0 Å². The van der Waals surface area contributed by atoms with Crippen LogP contribution in [0.1, 0.15) is 44.5 Å². The molecule has 1 aromatic rings. The van der Waals surface area contributed by atoms with Crippen molar-refractivity contribution >= 4 is 17.5 Å². The van der Waals surface area contributed by atoms with Crippen LogP contribution in [0.2, 0.25) is 0 Å². The van der Waals surface area contributed by atoms with E-state index in [4.69, 9.17) is 5.84 Å². The zero-order chi connectivity index (χ0) is 15.1. The number of nitrogen functional groups attached to an aromatic ring is 1. The smallest absolute Gasteiger partial charge is 0.239 e. The molecule has 0 aromatic carbocycles. The summed E-state index contributed by atoms with van der Waals surface area (Å²) in [5, 5.41) is 5.84. The van der Waals surface area contributed by atoms with Crippen molar-refractivity contribution in [2.75, 3.05) is 23.8 Å². The predicted molar refractivity (Wildman–Crippen MR) is 80.5 cm³/mol. The van der Waals surface area contributed by atoms with Gasteiger partial charge in [-0.1, -0.05) is 20.8 Å². The Labute approximate surface area is 119 Å². The monoisotopic (exact) mass is 280 g/mol. The van der Waals surface area contributed by atoms with E-state index in [2.05, 4.69) is 26.0 Å². The largest absolute Gasteiger partial charge is 0.361 e. The molecule has 0 atom stereocenters. The van der Waals surface area contributed by atoms with Gasteiger partial charge in [0.2, 0.25) is 5.91 Å². The van der Waals surface area contributed by atoms with E-state index in [0.29, 0.717) is 24.0 Å². The van der Waals surface area contributed by atoms with Crippen molar-refractivity contribution in [3.63, 3.8) is 0 Å². The van der Waals surface area contributed by atoms with Crippen LogP contribution in [0, 0.1) is 6.92 Å². The number of anilines is 2. The van der Waals surface area contributed by atoms with Gasteiger partial charge in [-0.25, -0.2) is 15.8 Å². The number of hydrazine groups is 1. The van der Waals surface area contributed by atoms with E-state index >= 15 is 0 Å². The first-order chi connectivity index (χ1) is 9.49. The number of nitrogens with zero attached hydrogens (tertiary/aromatic N) is 2. The van der Waals surface area contributed by atoms with E-state index in [1.54, 1.807) is 0 Å². The van der Waals surface area contributed by atoms with Crippen LogP contribution in [0.4, 0.5) is 11.6 Å². The van der Waals surface area contributed by atoms with Crippen LogP contribution in [0.25, 0.3) is 0 Å². The van der Waals surface area contributed by atoms with Crippen molar-refractivity contribution in [2.45, 2.75) is 40.0 Å². The fourth-order valence-corrected chi connectivity index (χ4v) is 1.60. The van der Waals surface area contributed by atoms with Gasteiger partial charge in [-0.2, -0.15) is 0 Å². The maximum atomic E-state index is 11.6. The SMILES string of the molecule is CCCNC(=O)CNc1nc(C(C)C)nc(NN)c1C. The molecule has 0 saturated carbocycles. The zero-order valence-electron chi connectivity index (χ0n) is 12.6. The molecule has 0 radical (unpaired) electrons. The molecule has 1 amide bonds. The molecule has 0 unspecified atom stereocenters. The van der Waals surface area contributed by atoms with Crippen LogP contribution in [-0.2, 0) is 4.79 Å². The molecule has 0 bridgehead atoms. The van der Waals surface area contributed by atoms with Crippen molar-refractivity contribution in [1.82, 2.24) is 15.3 Å². The summed E-state index contributed by atoms with van der Waals surface area (Å²) in [7, 11) is 0. The molecule has 0 aliphatic heterocycles. The van der Waals surface area contributed by atoms with E-state index in [0.717, 1.165) is 12.0 Å². The summed E-state index contributed by atoms with van der Waals surface area (Å²) in [5.41, 5.74) is 3.35. The summed E-state index contributed by atoms with van der Waals surface area (Å²) < 4.78 is 0. The van der Waals surface area contributed by atoms with Crippen molar-refractivity contribution in [3.8, 4) is 0 Å². The topological polar surface area (TPSA) is 105 Å². The summed E-state index contributed by atoms with van der Waals surface area (Å²) >= 11 is 0. The maximum absolute atomic E-state index is 11.6. The molecule has 0 fully saturated rings. The molecular formula is C13H24N6O. The molecule has 1 heterocycles. The third kappa shape index (κ3) is 4.34. The standard InChI is InChI=1S/C13H24N6O/c1-5-6-15-10(20)7-16-12-9(4)13(19-14)18-11(17-12)8(2)3/h8H,5-7,14H2,1-4H3,(H,15,20)(H2,16,17,18,19). The van der Waals surface area contributed by atoms with Gasteiger partial charge in [0.1, 0.15) is 17.5 Å². The van der Waals surface area contributed by atoms with Gasteiger partial charge in [0.05, 0.1) is 6.54 Å². The highest BCUT2D eigenvalue weighted by atomic mass is 16.1. The second kappa shape index (κ2) is 7.64. The Bertz CT molecular complexity index is 460. The minimum absolute atomic E-state index is 0.0572. The highest BCUT2D eigenvalue weighted by Crippen LogP contribution is 2.22. The van der Waals surface area contributed by atoms with Gasteiger partial charge in [-0.05, 0) is 13.3 Å². The summed E-state index contributed by atoms with van der Waals surface area (Å²) in [6.07, 6.45) is 0.914. The lowest BCUT2D eigenvalue weighted by atomic mass is 10.2. The Morgan fingerprint density at radius 1 is 1.30 bits per heavy atom. The fraction of sp³-hybridized carbons (Fsp3) is 0.615. The predicted octanol–water partition coefficient (Wildman–Crippen LogP) is 1.13. The van der Waals surface area contributed by atoms with Crippen molar-refractivity contribution in [1.29, 1.82) is 0 Å². The molecule has 0 saturated heterocycles. The third-order valence-corrected chi connectivity index (χ3v) is 2.80. The molecule has 20 heavy (non-hydrogen) atoms. The first-order valence-corrected chi connectivity index (χ1v) is 6.85. The number of nitrogens with two attached hydrogens (primary N) is 1.